The monoisotopic (exact) mass is 576 g/mol. The molecule has 0 N–H and O–H groups in total. The van der Waals surface area contributed by atoms with Crippen LogP contribution in [0.3, 0.4) is 0 Å². The second-order valence-electron chi connectivity index (χ2n) is 11.3. The van der Waals surface area contributed by atoms with Gasteiger partial charge in [-0.3, -0.25) is 0 Å². The molecule has 0 saturated carbocycles. The van der Waals surface area contributed by atoms with Crippen LogP contribution in [0.5, 0.6) is 0 Å². The number of benzene rings is 2. The van der Waals surface area contributed by atoms with Crippen LogP contribution in [0.25, 0.3) is 5.57 Å². The standard InChI is InChI=1S/C18H17.C9H13.2CH3.2ClH.H2Si.Zr/c1-12-9-13(2)18-16(10-12)11-14(3)17(18)15-7-5-4-6-8-15;1-6-5-7(2)9(4)8(6)3;;;;;;/h4-11H,1-3H3;6H,1-4H3;2*1H3;2*1H;1H2;. The van der Waals surface area contributed by atoms with Crippen molar-refractivity contribution in [3.05, 3.63) is 95.9 Å². The Morgan fingerprint density at radius 3 is 1.88 bits per heavy atom. The fourth-order valence-corrected chi connectivity index (χ4v) is 28.7. The van der Waals surface area contributed by atoms with E-state index >= 15 is 0 Å². The minimum Gasteiger partial charge on any atom is -0.147 e. The van der Waals surface area contributed by atoms with Gasteiger partial charge < -0.3 is 0 Å². The fourth-order valence-electron chi connectivity index (χ4n) is 7.16. The number of rotatable bonds is 3. The molecule has 2 aromatic rings. The van der Waals surface area contributed by atoms with Crippen molar-refractivity contribution in [2.24, 2.45) is 5.92 Å². The third-order valence-electron chi connectivity index (χ3n) is 8.41. The second-order valence-corrected chi connectivity index (χ2v) is 40.7. The third-order valence-corrected chi connectivity index (χ3v) is 25.8. The molecule has 0 bridgehead atoms. The average molecular weight is 579 g/mol. The molecular formula is C29H40Cl2SiZr. The van der Waals surface area contributed by atoms with Crippen LogP contribution in [0.15, 0.2) is 68.0 Å². The minimum absolute atomic E-state index is 0. The average Bonchev–Trinajstić information content (AvgIpc) is 3.09. The maximum absolute atomic E-state index is 3.42. The molecule has 0 nitrogen and oxygen atoms in total. The molecule has 4 rings (SSSR count). The third kappa shape index (κ3) is 4.29. The molecule has 2 aromatic carbocycles. The van der Waals surface area contributed by atoms with Crippen molar-refractivity contribution >= 4 is 37.3 Å². The van der Waals surface area contributed by atoms with Crippen molar-refractivity contribution in [2.45, 2.75) is 61.4 Å². The van der Waals surface area contributed by atoms with Gasteiger partial charge in [0.25, 0.3) is 0 Å². The van der Waals surface area contributed by atoms with Crippen molar-refractivity contribution in [1.82, 2.24) is 0 Å². The zero-order valence-corrected chi connectivity index (χ0v) is 27.2. The summed E-state index contributed by atoms with van der Waals surface area (Å²) in [6.45, 7) is 19.0. The van der Waals surface area contributed by atoms with Crippen LogP contribution in [-0.2, 0) is 17.4 Å². The number of fused-ring (bicyclic) bond motifs is 1. The van der Waals surface area contributed by atoms with E-state index < -0.39 is 17.4 Å². The van der Waals surface area contributed by atoms with E-state index in [9.17, 15) is 0 Å². The summed E-state index contributed by atoms with van der Waals surface area (Å²) >= 11 is -3.42. The maximum atomic E-state index is 2.73. The molecule has 0 fully saturated rings. The molecule has 0 spiro atoms. The number of allylic oxidation sites excluding steroid dienone is 5. The zero-order valence-electron chi connectivity index (χ0n) is 21.7. The van der Waals surface area contributed by atoms with Crippen molar-refractivity contribution in [2.75, 3.05) is 0 Å². The first kappa shape index (κ1) is 28.6. The normalized spacial score (nSPS) is 20.7. The smallest absolute Gasteiger partial charge is 0.147 e. The first-order valence-electron chi connectivity index (χ1n) is 11.7. The van der Waals surface area contributed by atoms with E-state index in [1.54, 1.807) is 27.9 Å². The largest absolute Gasteiger partial charge is 0.147 e. The predicted molar refractivity (Wildman–Crippen MR) is 152 cm³/mol. The number of aryl methyl sites for hydroxylation is 2. The van der Waals surface area contributed by atoms with Gasteiger partial charge >= 0.3 is 193 Å². The zero-order chi connectivity index (χ0) is 22.9. The van der Waals surface area contributed by atoms with Gasteiger partial charge in [0.05, 0.1) is 0 Å². The molecule has 0 radical (unpaired) electrons. The Morgan fingerprint density at radius 2 is 1.36 bits per heavy atom. The van der Waals surface area contributed by atoms with E-state index in [0.717, 1.165) is 0 Å². The number of hydrogen-bond acceptors (Lipinski definition) is 0. The SMILES string of the molecule is CC1=C(C)C(C)[C]([Zr]([CH3])([CH3])(=[SiH2])[CH]2C(C)=C(c3ccccc3)c3c(C)cc(C)cc32)=C1C.Cl.Cl. The Labute approximate surface area is 216 Å². The summed E-state index contributed by atoms with van der Waals surface area (Å²) < 4.78 is 7.85. The summed E-state index contributed by atoms with van der Waals surface area (Å²) in [7, 11) is 0. The summed E-state index contributed by atoms with van der Waals surface area (Å²) in [6, 6.07) is 16.0. The molecule has 0 aromatic heterocycles. The molecule has 2 atom stereocenters. The van der Waals surface area contributed by atoms with E-state index in [1.807, 2.05) is 3.28 Å². The molecule has 2 aliphatic rings. The summed E-state index contributed by atoms with van der Waals surface area (Å²) in [5.41, 5.74) is 15.2. The van der Waals surface area contributed by atoms with Crippen LogP contribution in [-0.4, -0.2) is 6.88 Å². The van der Waals surface area contributed by atoms with Gasteiger partial charge in [0.2, 0.25) is 0 Å². The molecule has 178 valence electrons. The van der Waals surface area contributed by atoms with Crippen molar-refractivity contribution in [3.63, 3.8) is 0 Å². The minimum atomic E-state index is -3.42. The van der Waals surface area contributed by atoms with E-state index in [2.05, 4.69) is 107 Å². The van der Waals surface area contributed by atoms with E-state index in [0.29, 0.717) is 9.54 Å². The predicted octanol–water partition coefficient (Wildman–Crippen LogP) is 8.62. The van der Waals surface area contributed by atoms with Gasteiger partial charge in [-0.15, -0.1) is 24.8 Å². The molecule has 33 heavy (non-hydrogen) atoms. The number of hydrogen-bond donors (Lipinski definition) is 0. The van der Waals surface area contributed by atoms with Gasteiger partial charge in [-0.1, -0.05) is 0 Å². The van der Waals surface area contributed by atoms with Crippen molar-refractivity contribution in [1.29, 1.82) is 0 Å². The van der Waals surface area contributed by atoms with Gasteiger partial charge in [-0.05, 0) is 0 Å². The Hall–Kier alpha value is -0.660. The molecule has 0 saturated heterocycles. The van der Waals surface area contributed by atoms with Crippen LogP contribution in [0.1, 0.15) is 66.1 Å². The topological polar surface area (TPSA) is 0 Å². The van der Waals surface area contributed by atoms with Crippen LogP contribution in [0.2, 0.25) is 9.26 Å². The van der Waals surface area contributed by atoms with Crippen LogP contribution >= 0.6 is 24.8 Å². The Bertz CT molecular complexity index is 1270. The molecule has 0 amide bonds. The van der Waals surface area contributed by atoms with E-state index in [-0.39, 0.29) is 24.8 Å². The Kier molecular flexibility index (Phi) is 8.16. The fraction of sp³-hybridized carbons (Fsp3) is 0.379. The Morgan fingerprint density at radius 1 is 0.788 bits per heavy atom. The molecule has 4 heteroatoms. The quantitative estimate of drug-likeness (QED) is 0.320. The van der Waals surface area contributed by atoms with Crippen LogP contribution in [0.4, 0.5) is 0 Å². The first-order chi connectivity index (χ1) is 14.3. The van der Waals surface area contributed by atoms with Crippen molar-refractivity contribution in [3.8, 4) is 0 Å². The number of halogens is 2. The van der Waals surface area contributed by atoms with Gasteiger partial charge in [-0.2, -0.15) is 0 Å². The van der Waals surface area contributed by atoms with E-state index in [1.165, 1.54) is 27.8 Å². The molecular weight excluding hydrogens is 539 g/mol. The first-order valence-corrected chi connectivity index (χ1v) is 25.2. The van der Waals surface area contributed by atoms with Gasteiger partial charge in [0, 0.05) is 0 Å². The van der Waals surface area contributed by atoms with E-state index in [4.69, 9.17) is 0 Å². The summed E-state index contributed by atoms with van der Waals surface area (Å²) in [4.78, 5) is 0. The van der Waals surface area contributed by atoms with Crippen molar-refractivity contribution < 1.29 is 17.4 Å². The molecule has 2 aliphatic carbocycles. The van der Waals surface area contributed by atoms with Gasteiger partial charge in [0.15, 0.2) is 0 Å². The van der Waals surface area contributed by atoms with Crippen LogP contribution in [0, 0.1) is 19.8 Å². The molecule has 0 aliphatic heterocycles. The Balaban J connectivity index is 0.00000193. The summed E-state index contributed by atoms with van der Waals surface area (Å²) in [5, 5.41) is 0. The van der Waals surface area contributed by atoms with Gasteiger partial charge in [0.1, 0.15) is 0 Å². The second kappa shape index (κ2) is 9.42. The molecule has 0 heterocycles. The summed E-state index contributed by atoms with van der Waals surface area (Å²) in [5.74, 6) is 0.584. The molecule has 2 unspecified atom stereocenters. The van der Waals surface area contributed by atoms with Gasteiger partial charge in [-0.25, -0.2) is 0 Å². The summed E-state index contributed by atoms with van der Waals surface area (Å²) in [6.07, 6.45) is 0. The van der Waals surface area contributed by atoms with Crippen LogP contribution < -0.4 is 0 Å². The maximum Gasteiger partial charge on any atom is -0.147 e.